The van der Waals surface area contributed by atoms with Gasteiger partial charge in [-0.3, -0.25) is 4.98 Å². The third-order valence-electron chi connectivity index (χ3n) is 2.07. The van der Waals surface area contributed by atoms with Crippen LogP contribution in [-0.4, -0.2) is 42.4 Å². The Labute approximate surface area is 89.7 Å². The number of nitrogens with zero attached hydrogens (tertiary/aromatic N) is 3. The van der Waals surface area contributed by atoms with Gasteiger partial charge < -0.3 is 14.7 Å². The number of aromatic nitrogens is 2. The summed E-state index contributed by atoms with van der Waals surface area (Å²) in [5, 5.41) is 8.92. The third kappa shape index (κ3) is 3.81. The maximum Gasteiger partial charge on any atom is 0.147 e. The van der Waals surface area contributed by atoms with Gasteiger partial charge >= 0.3 is 0 Å². The van der Waals surface area contributed by atoms with Gasteiger partial charge in [0.15, 0.2) is 0 Å². The van der Waals surface area contributed by atoms with Gasteiger partial charge in [0, 0.05) is 27.3 Å². The highest BCUT2D eigenvalue weighted by Crippen LogP contribution is 2.07. The SMILES string of the molecule is COCCCN(C)c1cncc(CO)n1. The average molecular weight is 211 g/mol. The first kappa shape index (κ1) is 11.9. The maximum atomic E-state index is 8.92. The van der Waals surface area contributed by atoms with Crippen molar-refractivity contribution < 1.29 is 9.84 Å². The smallest absolute Gasteiger partial charge is 0.147 e. The highest BCUT2D eigenvalue weighted by atomic mass is 16.5. The molecule has 5 nitrogen and oxygen atoms in total. The fourth-order valence-corrected chi connectivity index (χ4v) is 1.22. The topological polar surface area (TPSA) is 58.5 Å². The van der Waals surface area contributed by atoms with Crippen molar-refractivity contribution in [1.29, 1.82) is 0 Å². The fraction of sp³-hybridized carbons (Fsp3) is 0.600. The molecule has 1 heterocycles. The molecule has 0 bridgehead atoms. The van der Waals surface area contributed by atoms with Gasteiger partial charge in [-0.15, -0.1) is 0 Å². The molecule has 0 aromatic carbocycles. The highest BCUT2D eigenvalue weighted by molar-refractivity contribution is 5.34. The summed E-state index contributed by atoms with van der Waals surface area (Å²) >= 11 is 0. The molecule has 1 N–H and O–H groups in total. The van der Waals surface area contributed by atoms with Gasteiger partial charge in [-0.05, 0) is 6.42 Å². The van der Waals surface area contributed by atoms with Gasteiger partial charge in [0.05, 0.1) is 24.7 Å². The largest absolute Gasteiger partial charge is 0.390 e. The molecule has 1 aromatic heterocycles. The van der Waals surface area contributed by atoms with Crippen molar-refractivity contribution >= 4 is 5.82 Å². The summed E-state index contributed by atoms with van der Waals surface area (Å²) in [6.07, 6.45) is 4.19. The van der Waals surface area contributed by atoms with Crippen LogP contribution < -0.4 is 4.90 Å². The predicted octanol–water partition coefficient (Wildman–Crippen LogP) is 0.442. The van der Waals surface area contributed by atoms with Crippen LogP contribution in [-0.2, 0) is 11.3 Å². The molecule has 0 saturated heterocycles. The molecule has 15 heavy (non-hydrogen) atoms. The Balaban J connectivity index is 2.52. The fourth-order valence-electron chi connectivity index (χ4n) is 1.22. The lowest BCUT2D eigenvalue weighted by Gasteiger charge is -2.17. The Kier molecular flexibility index (Phi) is 5.00. The third-order valence-corrected chi connectivity index (χ3v) is 2.07. The van der Waals surface area contributed by atoms with Gasteiger partial charge in [0.2, 0.25) is 0 Å². The van der Waals surface area contributed by atoms with E-state index in [0.29, 0.717) is 5.69 Å². The van der Waals surface area contributed by atoms with Crippen molar-refractivity contribution in [1.82, 2.24) is 9.97 Å². The van der Waals surface area contributed by atoms with Crippen molar-refractivity contribution in [3.05, 3.63) is 18.1 Å². The first-order valence-electron chi connectivity index (χ1n) is 4.89. The molecule has 0 radical (unpaired) electrons. The van der Waals surface area contributed by atoms with Crippen LogP contribution in [0, 0.1) is 0 Å². The lowest BCUT2D eigenvalue weighted by atomic mass is 10.4. The second-order valence-electron chi connectivity index (χ2n) is 3.29. The van der Waals surface area contributed by atoms with Crippen LogP contribution >= 0.6 is 0 Å². The molecule has 0 amide bonds. The van der Waals surface area contributed by atoms with Crippen molar-refractivity contribution in [3.8, 4) is 0 Å². The number of methoxy groups -OCH3 is 1. The van der Waals surface area contributed by atoms with Crippen LogP contribution in [0.2, 0.25) is 0 Å². The lowest BCUT2D eigenvalue weighted by Crippen LogP contribution is -2.21. The van der Waals surface area contributed by atoms with Crippen LogP contribution in [0.5, 0.6) is 0 Å². The molecule has 5 heteroatoms. The molecule has 0 unspecified atom stereocenters. The number of rotatable bonds is 6. The van der Waals surface area contributed by atoms with Crippen molar-refractivity contribution in [2.75, 3.05) is 32.2 Å². The Morgan fingerprint density at radius 3 is 2.93 bits per heavy atom. The highest BCUT2D eigenvalue weighted by Gasteiger charge is 2.03. The Morgan fingerprint density at radius 1 is 1.47 bits per heavy atom. The minimum Gasteiger partial charge on any atom is -0.390 e. The van der Waals surface area contributed by atoms with Gasteiger partial charge in [-0.1, -0.05) is 0 Å². The zero-order chi connectivity index (χ0) is 11.1. The van der Waals surface area contributed by atoms with Crippen molar-refractivity contribution in [2.45, 2.75) is 13.0 Å². The molecule has 0 aliphatic heterocycles. The van der Waals surface area contributed by atoms with Crippen LogP contribution in [0.4, 0.5) is 5.82 Å². The number of hydrogen-bond donors (Lipinski definition) is 1. The summed E-state index contributed by atoms with van der Waals surface area (Å²) < 4.78 is 4.97. The Bertz CT molecular complexity index is 294. The van der Waals surface area contributed by atoms with Crippen LogP contribution in [0.1, 0.15) is 12.1 Å². The summed E-state index contributed by atoms with van der Waals surface area (Å²) in [5.74, 6) is 0.776. The molecule has 84 valence electrons. The van der Waals surface area contributed by atoms with E-state index in [-0.39, 0.29) is 6.61 Å². The second-order valence-corrected chi connectivity index (χ2v) is 3.29. The van der Waals surface area contributed by atoms with Gasteiger partial charge in [-0.2, -0.15) is 0 Å². The van der Waals surface area contributed by atoms with E-state index >= 15 is 0 Å². The number of aliphatic hydroxyl groups excluding tert-OH is 1. The first-order valence-corrected chi connectivity index (χ1v) is 4.89. The molecular weight excluding hydrogens is 194 g/mol. The second kappa shape index (κ2) is 6.31. The van der Waals surface area contributed by atoms with Gasteiger partial charge in [0.25, 0.3) is 0 Å². The number of ether oxygens (including phenoxy) is 1. The van der Waals surface area contributed by atoms with E-state index in [2.05, 4.69) is 9.97 Å². The molecule has 0 aliphatic rings. The van der Waals surface area contributed by atoms with E-state index in [0.717, 1.165) is 25.4 Å². The molecular formula is C10H17N3O2. The summed E-state index contributed by atoms with van der Waals surface area (Å²) in [6, 6.07) is 0. The molecule has 0 spiro atoms. The number of aliphatic hydroxyl groups is 1. The Hall–Kier alpha value is -1.20. The molecule has 0 saturated carbocycles. The van der Waals surface area contributed by atoms with Crippen molar-refractivity contribution in [3.63, 3.8) is 0 Å². The normalized spacial score (nSPS) is 10.3. The minimum atomic E-state index is -0.0766. The standard InChI is InChI=1S/C10H17N3O2/c1-13(4-3-5-15-2)10-7-11-6-9(8-14)12-10/h6-7,14H,3-5,8H2,1-2H3. The number of hydrogen-bond acceptors (Lipinski definition) is 5. The minimum absolute atomic E-state index is 0.0766. The monoisotopic (exact) mass is 211 g/mol. The summed E-state index contributed by atoms with van der Waals surface area (Å²) in [4.78, 5) is 10.2. The van der Waals surface area contributed by atoms with E-state index in [1.807, 2.05) is 11.9 Å². The molecule has 0 fully saturated rings. The zero-order valence-electron chi connectivity index (χ0n) is 9.18. The van der Waals surface area contributed by atoms with Gasteiger partial charge in [0.1, 0.15) is 5.82 Å². The number of anilines is 1. The van der Waals surface area contributed by atoms with Crippen LogP contribution in [0.3, 0.4) is 0 Å². The van der Waals surface area contributed by atoms with Gasteiger partial charge in [-0.25, -0.2) is 4.98 Å². The molecule has 0 aliphatic carbocycles. The molecule has 1 aromatic rings. The average Bonchev–Trinajstić information content (AvgIpc) is 2.29. The summed E-state index contributed by atoms with van der Waals surface area (Å²) in [5.41, 5.74) is 0.589. The first-order chi connectivity index (χ1) is 7.27. The van der Waals surface area contributed by atoms with Crippen molar-refractivity contribution in [2.24, 2.45) is 0 Å². The van der Waals surface area contributed by atoms with Crippen LogP contribution in [0.25, 0.3) is 0 Å². The quantitative estimate of drug-likeness (QED) is 0.692. The van der Waals surface area contributed by atoms with E-state index in [1.54, 1.807) is 19.5 Å². The van der Waals surface area contributed by atoms with E-state index < -0.39 is 0 Å². The zero-order valence-corrected chi connectivity index (χ0v) is 9.18. The maximum absolute atomic E-state index is 8.92. The van der Waals surface area contributed by atoms with E-state index in [4.69, 9.17) is 9.84 Å². The predicted molar refractivity (Wildman–Crippen MR) is 57.7 cm³/mol. The van der Waals surface area contributed by atoms with E-state index in [9.17, 15) is 0 Å². The molecule has 0 atom stereocenters. The summed E-state index contributed by atoms with van der Waals surface area (Å²) in [6.45, 7) is 1.52. The van der Waals surface area contributed by atoms with E-state index in [1.165, 1.54) is 0 Å². The summed E-state index contributed by atoms with van der Waals surface area (Å²) in [7, 11) is 3.63. The Morgan fingerprint density at radius 2 is 2.27 bits per heavy atom. The lowest BCUT2D eigenvalue weighted by molar-refractivity contribution is 0.196. The molecule has 1 rings (SSSR count). The van der Waals surface area contributed by atoms with Crippen LogP contribution in [0.15, 0.2) is 12.4 Å².